The van der Waals surface area contributed by atoms with Crippen molar-refractivity contribution < 1.29 is 0 Å². The van der Waals surface area contributed by atoms with Crippen LogP contribution in [0.2, 0.25) is 0 Å². The second-order valence-corrected chi connectivity index (χ2v) is 6.10. The maximum atomic E-state index is 5.80. The number of benzene rings is 1. The molecule has 0 unspecified atom stereocenters. The molecule has 0 aliphatic heterocycles. The Bertz CT molecular complexity index is 702. The van der Waals surface area contributed by atoms with Crippen LogP contribution in [-0.2, 0) is 6.54 Å². The number of nitrogens with two attached hydrogens (primary N) is 1. The van der Waals surface area contributed by atoms with E-state index >= 15 is 0 Å². The summed E-state index contributed by atoms with van der Waals surface area (Å²) in [5.41, 5.74) is 8.75. The Kier molecular flexibility index (Phi) is 3.40. The Morgan fingerprint density at radius 2 is 2.16 bits per heavy atom. The van der Waals surface area contributed by atoms with Crippen LogP contribution in [0.15, 0.2) is 52.6 Å². The Labute approximate surface area is 123 Å². The van der Waals surface area contributed by atoms with Gasteiger partial charge in [0.25, 0.3) is 0 Å². The molecule has 19 heavy (non-hydrogen) atoms. The van der Waals surface area contributed by atoms with Gasteiger partial charge in [-0.1, -0.05) is 12.1 Å². The SMILES string of the molecule is Nc1cccc(-c2cnn(Cc3sccc3Br)c2)c1. The Morgan fingerprint density at radius 1 is 1.26 bits per heavy atom. The molecule has 0 saturated heterocycles. The van der Waals surface area contributed by atoms with Gasteiger partial charge in [0.15, 0.2) is 0 Å². The first-order valence-corrected chi connectivity index (χ1v) is 7.50. The van der Waals surface area contributed by atoms with E-state index in [-0.39, 0.29) is 0 Å². The third-order valence-corrected chi connectivity index (χ3v) is 4.76. The van der Waals surface area contributed by atoms with Crippen molar-refractivity contribution in [3.63, 3.8) is 0 Å². The third kappa shape index (κ3) is 2.72. The summed E-state index contributed by atoms with van der Waals surface area (Å²) >= 11 is 5.26. The second-order valence-electron chi connectivity index (χ2n) is 4.24. The summed E-state index contributed by atoms with van der Waals surface area (Å²) in [5.74, 6) is 0. The summed E-state index contributed by atoms with van der Waals surface area (Å²) in [5, 5.41) is 6.47. The lowest BCUT2D eigenvalue weighted by molar-refractivity contribution is 0.693. The lowest BCUT2D eigenvalue weighted by Gasteiger charge is -2.00. The molecule has 2 N–H and O–H groups in total. The number of hydrogen-bond acceptors (Lipinski definition) is 3. The molecule has 3 rings (SSSR count). The molecular formula is C14H12BrN3S. The van der Waals surface area contributed by atoms with E-state index in [0.717, 1.165) is 27.8 Å². The van der Waals surface area contributed by atoms with Gasteiger partial charge in [-0.05, 0) is 45.1 Å². The molecule has 0 aliphatic rings. The average molecular weight is 334 g/mol. The molecule has 96 valence electrons. The molecule has 1 aromatic carbocycles. The van der Waals surface area contributed by atoms with Crippen LogP contribution in [0, 0.1) is 0 Å². The number of rotatable bonds is 3. The number of halogens is 1. The van der Waals surface area contributed by atoms with Crippen LogP contribution in [0.1, 0.15) is 4.88 Å². The zero-order valence-electron chi connectivity index (χ0n) is 10.1. The molecule has 0 atom stereocenters. The monoisotopic (exact) mass is 333 g/mol. The Balaban J connectivity index is 1.86. The number of nitrogen functional groups attached to an aromatic ring is 1. The number of anilines is 1. The number of nitrogens with zero attached hydrogens (tertiary/aromatic N) is 2. The van der Waals surface area contributed by atoms with E-state index in [0.29, 0.717) is 0 Å². The zero-order chi connectivity index (χ0) is 13.2. The minimum absolute atomic E-state index is 0.770. The zero-order valence-corrected chi connectivity index (χ0v) is 12.5. The predicted molar refractivity (Wildman–Crippen MR) is 83.2 cm³/mol. The van der Waals surface area contributed by atoms with Gasteiger partial charge in [-0.15, -0.1) is 11.3 Å². The van der Waals surface area contributed by atoms with Crippen LogP contribution < -0.4 is 5.73 Å². The summed E-state index contributed by atoms with van der Waals surface area (Å²) in [6.07, 6.45) is 3.91. The molecule has 0 fully saturated rings. The van der Waals surface area contributed by atoms with E-state index in [9.17, 15) is 0 Å². The predicted octanol–water partition coefficient (Wildman–Crippen LogP) is 4.00. The van der Waals surface area contributed by atoms with Gasteiger partial charge in [0.2, 0.25) is 0 Å². The van der Waals surface area contributed by atoms with Crippen molar-refractivity contribution in [1.82, 2.24) is 9.78 Å². The molecule has 3 nitrogen and oxygen atoms in total. The van der Waals surface area contributed by atoms with Gasteiger partial charge in [-0.3, -0.25) is 4.68 Å². The molecule has 0 amide bonds. The highest BCUT2D eigenvalue weighted by atomic mass is 79.9. The van der Waals surface area contributed by atoms with E-state index < -0.39 is 0 Å². The molecule has 0 spiro atoms. The van der Waals surface area contributed by atoms with Crippen LogP contribution >= 0.6 is 27.3 Å². The largest absolute Gasteiger partial charge is 0.399 e. The summed E-state index contributed by atoms with van der Waals surface area (Å²) in [6.45, 7) is 0.778. The Hall–Kier alpha value is -1.59. The van der Waals surface area contributed by atoms with Crippen molar-refractivity contribution >= 4 is 33.0 Å². The number of hydrogen-bond donors (Lipinski definition) is 1. The van der Waals surface area contributed by atoms with Crippen LogP contribution in [0.25, 0.3) is 11.1 Å². The molecule has 2 heterocycles. The fourth-order valence-electron chi connectivity index (χ4n) is 1.90. The molecule has 0 saturated carbocycles. The molecular weight excluding hydrogens is 322 g/mol. The average Bonchev–Trinajstić information content (AvgIpc) is 3.00. The van der Waals surface area contributed by atoms with E-state index in [1.165, 1.54) is 4.88 Å². The highest BCUT2D eigenvalue weighted by Crippen LogP contribution is 2.25. The quantitative estimate of drug-likeness (QED) is 0.736. The maximum Gasteiger partial charge on any atom is 0.0763 e. The molecule has 0 bridgehead atoms. The van der Waals surface area contributed by atoms with Crippen molar-refractivity contribution in [2.45, 2.75) is 6.54 Å². The summed E-state index contributed by atoms with van der Waals surface area (Å²) in [6, 6.07) is 9.90. The molecule has 3 aromatic rings. The van der Waals surface area contributed by atoms with Gasteiger partial charge in [0.1, 0.15) is 0 Å². The van der Waals surface area contributed by atoms with E-state index in [1.54, 1.807) is 11.3 Å². The second kappa shape index (κ2) is 5.19. The van der Waals surface area contributed by atoms with Gasteiger partial charge in [0, 0.05) is 26.8 Å². The maximum absolute atomic E-state index is 5.80. The van der Waals surface area contributed by atoms with Crippen LogP contribution in [0.5, 0.6) is 0 Å². The van der Waals surface area contributed by atoms with Gasteiger partial charge in [0.05, 0.1) is 12.7 Å². The molecule has 2 aromatic heterocycles. The van der Waals surface area contributed by atoms with Crippen molar-refractivity contribution in [3.05, 3.63) is 57.5 Å². The van der Waals surface area contributed by atoms with Crippen LogP contribution in [0.3, 0.4) is 0 Å². The molecule has 5 heteroatoms. The smallest absolute Gasteiger partial charge is 0.0763 e. The fraction of sp³-hybridized carbons (Fsp3) is 0.0714. The summed E-state index contributed by atoms with van der Waals surface area (Å²) in [4.78, 5) is 1.27. The first-order valence-electron chi connectivity index (χ1n) is 5.82. The summed E-state index contributed by atoms with van der Waals surface area (Å²) in [7, 11) is 0. The number of aromatic nitrogens is 2. The van der Waals surface area contributed by atoms with E-state index in [4.69, 9.17) is 5.73 Å². The highest BCUT2D eigenvalue weighted by molar-refractivity contribution is 9.10. The van der Waals surface area contributed by atoms with Crippen molar-refractivity contribution in [2.24, 2.45) is 0 Å². The van der Waals surface area contributed by atoms with Crippen molar-refractivity contribution in [1.29, 1.82) is 0 Å². The van der Waals surface area contributed by atoms with Crippen LogP contribution in [0.4, 0.5) is 5.69 Å². The van der Waals surface area contributed by atoms with Gasteiger partial charge >= 0.3 is 0 Å². The summed E-state index contributed by atoms with van der Waals surface area (Å²) < 4.78 is 3.08. The standard InChI is InChI=1S/C14H12BrN3S/c15-13-4-5-19-14(13)9-18-8-11(7-17-18)10-2-1-3-12(16)6-10/h1-8H,9,16H2. The van der Waals surface area contributed by atoms with Crippen LogP contribution in [-0.4, -0.2) is 9.78 Å². The van der Waals surface area contributed by atoms with Gasteiger partial charge in [-0.2, -0.15) is 5.10 Å². The van der Waals surface area contributed by atoms with Crippen molar-refractivity contribution in [2.75, 3.05) is 5.73 Å². The normalized spacial score (nSPS) is 10.8. The lowest BCUT2D eigenvalue weighted by atomic mass is 10.1. The minimum atomic E-state index is 0.770. The van der Waals surface area contributed by atoms with E-state index in [1.807, 2.05) is 41.3 Å². The minimum Gasteiger partial charge on any atom is -0.399 e. The lowest BCUT2D eigenvalue weighted by Crippen LogP contribution is -1.97. The van der Waals surface area contributed by atoms with Crippen molar-refractivity contribution in [3.8, 4) is 11.1 Å². The fourth-order valence-corrected chi connectivity index (χ4v) is 3.37. The first kappa shape index (κ1) is 12.4. The number of thiophene rings is 1. The highest BCUT2D eigenvalue weighted by Gasteiger charge is 2.05. The first-order chi connectivity index (χ1) is 9.22. The third-order valence-electron chi connectivity index (χ3n) is 2.85. The molecule has 0 radical (unpaired) electrons. The van der Waals surface area contributed by atoms with Gasteiger partial charge < -0.3 is 5.73 Å². The topological polar surface area (TPSA) is 43.8 Å². The van der Waals surface area contributed by atoms with E-state index in [2.05, 4.69) is 32.5 Å². The van der Waals surface area contributed by atoms with Gasteiger partial charge in [-0.25, -0.2) is 0 Å². The molecule has 0 aliphatic carbocycles. The Morgan fingerprint density at radius 3 is 2.89 bits per heavy atom.